The lowest BCUT2D eigenvalue weighted by Gasteiger charge is -2.19. The molecule has 0 radical (unpaired) electrons. The average molecular weight is 583 g/mol. The minimum absolute atomic E-state index is 0.789. The van der Waals surface area contributed by atoms with Gasteiger partial charge in [-0.1, -0.05) is 133 Å². The first-order chi connectivity index (χ1) is 20.8. The van der Waals surface area contributed by atoms with Crippen LogP contribution < -0.4 is 10.6 Å². The van der Waals surface area contributed by atoms with Crippen LogP contribution in [0.3, 0.4) is 0 Å². The molecule has 0 aliphatic heterocycles. The Labute approximate surface area is 257 Å². The lowest BCUT2D eigenvalue weighted by molar-refractivity contribution is 1.13. The van der Waals surface area contributed by atoms with E-state index in [4.69, 9.17) is 0 Å². The van der Waals surface area contributed by atoms with Crippen molar-refractivity contribution in [3.8, 4) is 0 Å². The molecule has 6 rings (SSSR count). The normalized spacial score (nSPS) is 11.0. The third kappa shape index (κ3) is 7.20. The van der Waals surface area contributed by atoms with E-state index in [0.717, 1.165) is 24.6 Å². The summed E-state index contributed by atoms with van der Waals surface area (Å²) in [6.07, 6.45) is 0. The number of anilines is 2. The second-order valence-corrected chi connectivity index (χ2v) is 12.2. The summed E-state index contributed by atoms with van der Waals surface area (Å²) < 4.78 is 0. The van der Waals surface area contributed by atoms with Gasteiger partial charge in [-0.3, -0.25) is 0 Å². The van der Waals surface area contributed by atoms with Gasteiger partial charge in [0.05, 0.1) is 0 Å². The van der Waals surface area contributed by atoms with Gasteiger partial charge in [0.25, 0.3) is 0 Å². The first-order valence-corrected chi connectivity index (χ1v) is 16.3. The molecule has 0 spiro atoms. The van der Waals surface area contributed by atoms with E-state index in [1.807, 2.05) is 23.5 Å². The molecule has 0 bridgehead atoms. The molecule has 0 heterocycles. The van der Waals surface area contributed by atoms with Gasteiger partial charge in [-0.15, -0.1) is 23.5 Å². The van der Waals surface area contributed by atoms with Gasteiger partial charge < -0.3 is 10.6 Å². The summed E-state index contributed by atoms with van der Waals surface area (Å²) >= 11 is 3.82. The van der Waals surface area contributed by atoms with Gasteiger partial charge in [0.1, 0.15) is 0 Å². The molecular formula is C38H34N2S2. The second-order valence-electron chi connectivity index (χ2n) is 10.2. The Bertz CT molecular complexity index is 1580. The van der Waals surface area contributed by atoms with Crippen molar-refractivity contribution in [1.82, 2.24) is 0 Å². The molecule has 6 aromatic rings. The van der Waals surface area contributed by atoms with Crippen LogP contribution in [0.4, 0.5) is 11.4 Å². The quantitative estimate of drug-likeness (QED) is 0.140. The summed E-state index contributed by atoms with van der Waals surface area (Å²) in [6.45, 7) is 1.58. The molecule has 0 saturated carbocycles. The monoisotopic (exact) mass is 582 g/mol. The van der Waals surface area contributed by atoms with E-state index in [1.54, 1.807) is 0 Å². The Hall–Kier alpha value is -4.12. The molecular weight excluding hydrogens is 549 g/mol. The molecule has 0 saturated heterocycles. The molecule has 0 amide bonds. The first kappa shape index (κ1) is 28.0. The summed E-state index contributed by atoms with van der Waals surface area (Å²) in [5.74, 6) is 1.83. The van der Waals surface area contributed by atoms with Crippen LogP contribution in [0.1, 0.15) is 22.3 Å². The standard InChI is InChI=1S/C38H34N2S2/c1-5-13-29(14-6-1)25-39-35-23-21-34-33(37(35)41-27-31-17-9-3-10-18-31)22-24-36(40-26-30-15-7-2-8-16-30)38(34)42-28-32-19-11-4-12-20-32/h1-24,39-40H,25-28H2. The number of thioether (sulfide) groups is 2. The molecule has 0 aromatic heterocycles. The highest BCUT2D eigenvalue weighted by Gasteiger charge is 2.15. The second kappa shape index (κ2) is 14.2. The van der Waals surface area contributed by atoms with Crippen molar-refractivity contribution in [2.75, 3.05) is 10.6 Å². The maximum Gasteiger partial charge on any atom is 0.0487 e. The smallest absolute Gasteiger partial charge is 0.0487 e. The fourth-order valence-electron chi connectivity index (χ4n) is 4.99. The van der Waals surface area contributed by atoms with E-state index < -0.39 is 0 Å². The number of benzene rings is 6. The predicted molar refractivity (Wildman–Crippen MR) is 183 cm³/mol. The van der Waals surface area contributed by atoms with Crippen molar-refractivity contribution in [1.29, 1.82) is 0 Å². The Morgan fingerprint density at radius 3 is 1.05 bits per heavy atom. The summed E-state index contributed by atoms with van der Waals surface area (Å²) in [4.78, 5) is 2.59. The van der Waals surface area contributed by atoms with E-state index in [2.05, 4.69) is 156 Å². The minimum Gasteiger partial charge on any atom is -0.380 e. The Kier molecular flexibility index (Phi) is 9.46. The Balaban J connectivity index is 1.38. The molecule has 42 heavy (non-hydrogen) atoms. The van der Waals surface area contributed by atoms with Crippen molar-refractivity contribution in [3.05, 3.63) is 168 Å². The predicted octanol–water partition coefficient (Wildman–Crippen LogP) is 10.6. The van der Waals surface area contributed by atoms with Crippen molar-refractivity contribution < 1.29 is 0 Å². The van der Waals surface area contributed by atoms with Crippen LogP contribution in [0, 0.1) is 0 Å². The summed E-state index contributed by atoms with van der Waals surface area (Å²) in [6, 6.07) is 51.9. The van der Waals surface area contributed by atoms with Crippen molar-refractivity contribution in [2.24, 2.45) is 0 Å². The van der Waals surface area contributed by atoms with Crippen LogP contribution in [0.2, 0.25) is 0 Å². The molecule has 2 N–H and O–H groups in total. The zero-order valence-electron chi connectivity index (χ0n) is 23.5. The van der Waals surface area contributed by atoms with Crippen LogP contribution in [0.15, 0.2) is 155 Å². The number of hydrogen-bond donors (Lipinski definition) is 2. The highest BCUT2D eigenvalue weighted by atomic mass is 32.2. The molecule has 0 atom stereocenters. The van der Waals surface area contributed by atoms with E-state index in [-0.39, 0.29) is 0 Å². The third-order valence-corrected chi connectivity index (χ3v) is 9.62. The van der Waals surface area contributed by atoms with Gasteiger partial charge in [-0.2, -0.15) is 0 Å². The number of nitrogens with one attached hydrogen (secondary N) is 2. The third-order valence-electron chi connectivity index (χ3n) is 7.21. The van der Waals surface area contributed by atoms with Crippen molar-refractivity contribution in [2.45, 2.75) is 34.4 Å². The minimum atomic E-state index is 0.789. The van der Waals surface area contributed by atoms with Crippen LogP contribution in [-0.4, -0.2) is 0 Å². The highest BCUT2D eigenvalue weighted by molar-refractivity contribution is 7.99. The molecule has 2 nitrogen and oxygen atoms in total. The van der Waals surface area contributed by atoms with Crippen molar-refractivity contribution in [3.63, 3.8) is 0 Å². The van der Waals surface area contributed by atoms with Gasteiger partial charge in [-0.25, -0.2) is 0 Å². The van der Waals surface area contributed by atoms with Gasteiger partial charge in [0.2, 0.25) is 0 Å². The molecule has 0 aliphatic rings. The number of hydrogen-bond acceptors (Lipinski definition) is 4. The van der Waals surface area contributed by atoms with Crippen molar-refractivity contribution >= 4 is 45.7 Å². The molecule has 0 unspecified atom stereocenters. The Morgan fingerprint density at radius 1 is 0.357 bits per heavy atom. The maximum atomic E-state index is 3.75. The summed E-state index contributed by atoms with van der Waals surface area (Å²) in [7, 11) is 0. The van der Waals surface area contributed by atoms with Gasteiger partial charge in [-0.05, 0) is 45.2 Å². The summed E-state index contributed by atoms with van der Waals surface area (Å²) in [5.41, 5.74) is 7.56. The Morgan fingerprint density at radius 2 is 0.690 bits per heavy atom. The van der Waals surface area contributed by atoms with Crippen LogP contribution in [0.5, 0.6) is 0 Å². The van der Waals surface area contributed by atoms with E-state index >= 15 is 0 Å². The lowest BCUT2D eigenvalue weighted by atomic mass is 10.1. The maximum absolute atomic E-state index is 3.75. The van der Waals surface area contributed by atoms with Crippen LogP contribution in [-0.2, 0) is 24.6 Å². The molecule has 6 aromatic carbocycles. The first-order valence-electron chi connectivity index (χ1n) is 14.3. The average Bonchev–Trinajstić information content (AvgIpc) is 3.06. The zero-order chi connectivity index (χ0) is 28.4. The molecule has 0 aliphatic carbocycles. The topological polar surface area (TPSA) is 24.1 Å². The molecule has 0 fully saturated rings. The molecule has 4 heteroatoms. The fraction of sp³-hybridized carbons (Fsp3) is 0.105. The van der Waals surface area contributed by atoms with Gasteiger partial charge >= 0.3 is 0 Å². The van der Waals surface area contributed by atoms with E-state index in [0.29, 0.717) is 0 Å². The van der Waals surface area contributed by atoms with Crippen LogP contribution in [0.25, 0.3) is 10.8 Å². The largest absolute Gasteiger partial charge is 0.380 e. The van der Waals surface area contributed by atoms with Crippen LogP contribution >= 0.6 is 23.5 Å². The zero-order valence-corrected chi connectivity index (χ0v) is 25.1. The summed E-state index contributed by atoms with van der Waals surface area (Å²) in [5, 5.41) is 10.1. The lowest BCUT2D eigenvalue weighted by Crippen LogP contribution is -2.03. The number of fused-ring (bicyclic) bond motifs is 1. The van der Waals surface area contributed by atoms with E-state index in [9.17, 15) is 0 Å². The molecule has 208 valence electrons. The van der Waals surface area contributed by atoms with Gasteiger partial charge in [0.15, 0.2) is 0 Å². The SMILES string of the molecule is c1ccc(CNc2ccc3c(SCc4ccccc4)c(NCc4ccccc4)ccc3c2SCc2ccccc2)cc1. The van der Waals surface area contributed by atoms with E-state index in [1.165, 1.54) is 54.2 Å². The van der Waals surface area contributed by atoms with Gasteiger partial charge in [0, 0.05) is 45.8 Å². The number of rotatable bonds is 12. The fourth-order valence-corrected chi connectivity index (χ4v) is 7.25. The highest BCUT2D eigenvalue weighted by Crippen LogP contribution is 2.43.